The molecule has 1 saturated carbocycles. The van der Waals surface area contributed by atoms with E-state index in [4.69, 9.17) is 12.2 Å². The second kappa shape index (κ2) is 8.14. The van der Waals surface area contributed by atoms with Gasteiger partial charge in [0.1, 0.15) is 0 Å². The molecule has 0 aliphatic heterocycles. The third-order valence-corrected chi connectivity index (χ3v) is 5.10. The van der Waals surface area contributed by atoms with Crippen molar-refractivity contribution in [2.75, 3.05) is 5.32 Å². The molecule has 0 aromatic heterocycles. The number of hydrogen-bond donors (Lipinski definition) is 2. The summed E-state index contributed by atoms with van der Waals surface area (Å²) in [7, 11) is 0. The molecule has 2 rings (SSSR count). The van der Waals surface area contributed by atoms with Gasteiger partial charge < -0.3 is 10.6 Å². The van der Waals surface area contributed by atoms with Gasteiger partial charge in [0, 0.05) is 11.7 Å². The molecule has 0 heterocycles. The van der Waals surface area contributed by atoms with Crippen LogP contribution in [0.5, 0.6) is 0 Å². The fourth-order valence-corrected chi connectivity index (χ4v) is 3.86. The van der Waals surface area contributed by atoms with Gasteiger partial charge in [0.05, 0.1) is 0 Å². The highest BCUT2D eigenvalue weighted by Gasteiger charge is 2.20. The molecule has 0 spiro atoms. The fraction of sp³-hybridized carbons (Fsp3) is 0.650. The molecule has 0 amide bonds. The summed E-state index contributed by atoms with van der Waals surface area (Å²) in [5, 5.41) is 7.85. The highest BCUT2D eigenvalue weighted by molar-refractivity contribution is 7.80. The molecule has 0 radical (unpaired) electrons. The van der Waals surface area contributed by atoms with Crippen molar-refractivity contribution in [3.8, 4) is 0 Å². The minimum Gasteiger partial charge on any atom is -0.360 e. The number of para-hydroxylation sites is 1. The van der Waals surface area contributed by atoms with Crippen molar-refractivity contribution in [3.63, 3.8) is 0 Å². The van der Waals surface area contributed by atoms with E-state index in [-0.39, 0.29) is 0 Å². The number of rotatable bonds is 4. The summed E-state index contributed by atoms with van der Waals surface area (Å²) in [5.41, 5.74) is 3.90. The Bertz CT molecular complexity index is 510. The first-order valence-corrected chi connectivity index (χ1v) is 9.49. The van der Waals surface area contributed by atoms with E-state index in [0.717, 1.165) is 11.0 Å². The second-order valence-corrected chi connectivity index (χ2v) is 8.10. The fourth-order valence-electron chi connectivity index (χ4n) is 3.60. The molecule has 1 fully saturated rings. The smallest absolute Gasteiger partial charge is 0.171 e. The highest BCUT2D eigenvalue weighted by Crippen LogP contribution is 2.32. The Morgan fingerprint density at radius 1 is 1.09 bits per heavy atom. The molecule has 2 atom stereocenters. The van der Waals surface area contributed by atoms with Crippen LogP contribution in [0.4, 0.5) is 5.69 Å². The van der Waals surface area contributed by atoms with Crippen LogP contribution in [0.2, 0.25) is 0 Å². The summed E-state index contributed by atoms with van der Waals surface area (Å²) in [6, 6.07) is 7.11. The molecule has 1 aromatic carbocycles. The van der Waals surface area contributed by atoms with Crippen LogP contribution in [0.15, 0.2) is 18.2 Å². The Balaban J connectivity index is 2.13. The van der Waals surface area contributed by atoms with Crippen molar-refractivity contribution in [2.24, 2.45) is 5.92 Å². The lowest BCUT2D eigenvalue weighted by Gasteiger charge is -2.29. The Hall–Kier alpha value is -1.09. The Morgan fingerprint density at radius 2 is 1.70 bits per heavy atom. The van der Waals surface area contributed by atoms with Crippen LogP contribution >= 0.6 is 12.2 Å². The van der Waals surface area contributed by atoms with Crippen LogP contribution in [0.1, 0.15) is 83.3 Å². The lowest BCUT2D eigenvalue weighted by atomic mass is 9.87. The SMILES string of the molecule is CC1CCCC(NC(=S)Nc2c(C(C)C)cccc2C(C)C)C1. The number of anilines is 1. The Kier molecular flexibility index (Phi) is 6.46. The van der Waals surface area contributed by atoms with Crippen LogP contribution < -0.4 is 10.6 Å². The van der Waals surface area contributed by atoms with Gasteiger partial charge in [-0.25, -0.2) is 0 Å². The monoisotopic (exact) mass is 332 g/mol. The van der Waals surface area contributed by atoms with Gasteiger partial charge >= 0.3 is 0 Å². The summed E-state index contributed by atoms with van der Waals surface area (Å²) in [6.07, 6.45) is 5.12. The third-order valence-electron chi connectivity index (χ3n) is 4.88. The van der Waals surface area contributed by atoms with Gasteiger partial charge in [-0.1, -0.05) is 65.7 Å². The van der Waals surface area contributed by atoms with Gasteiger partial charge in [-0.3, -0.25) is 0 Å². The number of benzene rings is 1. The zero-order valence-corrected chi connectivity index (χ0v) is 16.1. The maximum atomic E-state index is 5.63. The maximum Gasteiger partial charge on any atom is 0.171 e. The Morgan fingerprint density at radius 3 is 2.22 bits per heavy atom. The lowest BCUT2D eigenvalue weighted by molar-refractivity contribution is 0.327. The van der Waals surface area contributed by atoms with E-state index in [2.05, 4.69) is 63.5 Å². The molecule has 1 aliphatic rings. The Labute approximate surface area is 147 Å². The van der Waals surface area contributed by atoms with Crippen molar-refractivity contribution in [3.05, 3.63) is 29.3 Å². The second-order valence-electron chi connectivity index (χ2n) is 7.69. The van der Waals surface area contributed by atoms with Gasteiger partial charge in [0.25, 0.3) is 0 Å². The average Bonchev–Trinajstić information content (AvgIpc) is 2.46. The first kappa shape index (κ1) is 18.3. The van der Waals surface area contributed by atoms with E-state index in [1.165, 1.54) is 42.5 Å². The van der Waals surface area contributed by atoms with E-state index >= 15 is 0 Å². The van der Waals surface area contributed by atoms with Crippen molar-refractivity contribution < 1.29 is 0 Å². The largest absolute Gasteiger partial charge is 0.360 e. The average molecular weight is 333 g/mol. The minimum absolute atomic E-state index is 0.480. The molecule has 23 heavy (non-hydrogen) atoms. The quantitative estimate of drug-likeness (QED) is 0.682. The highest BCUT2D eigenvalue weighted by atomic mass is 32.1. The summed E-state index contributed by atoms with van der Waals surface area (Å²) in [6.45, 7) is 11.3. The molecular weight excluding hydrogens is 300 g/mol. The van der Waals surface area contributed by atoms with Crippen molar-refractivity contribution >= 4 is 23.0 Å². The molecular formula is C20H32N2S. The molecule has 2 N–H and O–H groups in total. The van der Waals surface area contributed by atoms with Gasteiger partial charge in [0.2, 0.25) is 0 Å². The van der Waals surface area contributed by atoms with E-state index in [1.54, 1.807) is 0 Å². The van der Waals surface area contributed by atoms with E-state index in [0.29, 0.717) is 17.9 Å². The summed E-state index contributed by atoms with van der Waals surface area (Å²) < 4.78 is 0. The summed E-state index contributed by atoms with van der Waals surface area (Å²) >= 11 is 5.63. The van der Waals surface area contributed by atoms with Gasteiger partial charge in [-0.15, -0.1) is 0 Å². The van der Waals surface area contributed by atoms with Crippen LogP contribution in [0, 0.1) is 5.92 Å². The predicted octanol–water partition coefficient (Wildman–Crippen LogP) is 5.80. The minimum atomic E-state index is 0.480. The number of hydrogen-bond acceptors (Lipinski definition) is 1. The first-order valence-electron chi connectivity index (χ1n) is 9.08. The van der Waals surface area contributed by atoms with Crippen molar-refractivity contribution in [2.45, 2.75) is 78.2 Å². The predicted molar refractivity (Wildman–Crippen MR) is 105 cm³/mol. The number of nitrogens with one attached hydrogen (secondary N) is 2. The molecule has 1 aliphatic carbocycles. The lowest BCUT2D eigenvalue weighted by Crippen LogP contribution is -2.40. The van der Waals surface area contributed by atoms with Gasteiger partial charge in [0.15, 0.2) is 5.11 Å². The molecule has 128 valence electrons. The van der Waals surface area contributed by atoms with Gasteiger partial charge in [-0.2, -0.15) is 0 Å². The number of thiocarbonyl (C=S) groups is 1. The molecule has 0 bridgehead atoms. The summed E-state index contributed by atoms with van der Waals surface area (Å²) in [4.78, 5) is 0. The molecule has 3 heteroatoms. The van der Waals surface area contributed by atoms with Crippen LogP contribution in [-0.4, -0.2) is 11.2 Å². The zero-order chi connectivity index (χ0) is 17.0. The molecule has 1 aromatic rings. The standard InChI is InChI=1S/C20H32N2S/c1-13(2)17-10-7-11-18(14(3)4)19(17)22-20(23)21-16-9-6-8-15(5)12-16/h7,10-11,13-16H,6,8-9,12H2,1-5H3,(H2,21,22,23). The van der Waals surface area contributed by atoms with Crippen LogP contribution in [0.25, 0.3) is 0 Å². The normalized spacial score (nSPS) is 21.5. The van der Waals surface area contributed by atoms with E-state index < -0.39 is 0 Å². The zero-order valence-electron chi connectivity index (χ0n) is 15.3. The van der Waals surface area contributed by atoms with E-state index in [9.17, 15) is 0 Å². The van der Waals surface area contributed by atoms with E-state index in [1.807, 2.05) is 0 Å². The first-order chi connectivity index (χ1) is 10.9. The van der Waals surface area contributed by atoms with Crippen molar-refractivity contribution in [1.82, 2.24) is 5.32 Å². The van der Waals surface area contributed by atoms with Gasteiger partial charge in [-0.05, 0) is 53.9 Å². The molecule has 2 unspecified atom stereocenters. The third kappa shape index (κ3) is 4.94. The maximum absolute atomic E-state index is 5.63. The summed E-state index contributed by atoms with van der Waals surface area (Å²) in [5.74, 6) is 1.76. The molecule has 2 nitrogen and oxygen atoms in total. The molecule has 0 saturated heterocycles. The van der Waals surface area contributed by atoms with Crippen molar-refractivity contribution in [1.29, 1.82) is 0 Å². The topological polar surface area (TPSA) is 24.1 Å². The van der Waals surface area contributed by atoms with Crippen LogP contribution in [0.3, 0.4) is 0 Å². The van der Waals surface area contributed by atoms with Crippen LogP contribution in [-0.2, 0) is 0 Å².